The van der Waals surface area contributed by atoms with E-state index >= 15 is 0 Å². The summed E-state index contributed by atoms with van der Waals surface area (Å²) >= 11 is 0. The van der Waals surface area contributed by atoms with Gasteiger partial charge in [0.25, 0.3) is 0 Å². The van der Waals surface area contributed by atoms with Gasteiger partial charge in [-0.2, -0.15) is 13.2 Å². The van der Waals surface area contributed by atoms with Crippen molar-refractivity contribution in [1.29, 1.82) is 0 Å². The number of aliphatic carboxylic acids is 1. The van der Waals surface area contributed by atoms with Gasteiger partial charge >= 0.3 is 12.1 Å². The third-order valence-electron chi connectivity index (χ3n) is 3.81. The summed E-state index contributed by atoms with van der Waals surface area (Å²) < 4.78 is 38.4. The van der Waals surface area contributed by atoms with E-state index < -0.39 is 41.8 Å². The van der Waals surface area contributed by atoms with E-state index in [2.05, 4.69) is 0 Å². The minimum atomic E-state index is -4.60. The summed E-state index contributed by atoms with van der Waals surface area (Å²) in [5.74, 6) is -5.49. The second-order valence-electron chi connectivity index (χ2n) is 5.54. The zero-order valence-corrected chi connectivity index (χ0v) is 11.1. The van der Waals surface area contributed by atoms with Gasteiger partial charge in [-0.15, -0.1) is 0 Å². The van der Waals surface area contributed by atoms with E-state index in [0.29, 0.717) is 6.42 Å². The first-order chi connectivity index (χ1) is 8.50. The van der Waals surface area contributed by atoms with Crippen LogP contribution < -0.4 is 0 Å². The topological polar surface area (TPSA) is 57.6 Å². The van der Waals surface area contributed by atoms with E-state index in [0.717, 1.165) is 4.90 Å². The molecule has 0 radical (unpaired) electrons. The van der Waals surface area contributed by atoms with Gasteiger partial charge in [-0.3, -0.25) is 9.59 Å². The SMILES string of the molecule is CCC(C)(C)C(=O)N1C[C@@H](C(F)(F)F)[C@H](C(=O)O)C1. The summed E-state index contributed by atoms with van der Waals surface area (Å²) in [6.07, 6.45) is -4.12. The lowest BCUT2D eigenvalue weighted by atomic mass is 9.88. The summed E-state index contributed by atoms with van der Waals surface area (Å²) in [5.41, 5.74) is -0.774. The van der Waals surface area contributed by atoms with Gasteiger partial charge in [-0.05, 0) is 6.42 Å². The van der Waals surface area contributed by atoms with Crippen LogP contribution >= 0.6 is 0 Å². The van der Waals surface area contributed by atoms with Crippen LogP contribution in [0, 0.1) is 17.3 Å². The second-order valence-corrected chi connectivity index (χ2v) is 5.54. The molecule has 1 aliphatic rings. The monoisotopic (exact) mass is 281 g/mol. The Hall–Kier alpha value is -1.27. The zero-order valence-electron chi connectivity index (χ0n) is 11.1. The lowest BCUT2D eigenvalue weighted by molar-refractivity contribution is -0.188. The van der Waals surface area contributed by atoms with Crippen LogP contribution in [-0.4, -0.2) is 41.1 Å². The first-order valence-corrected chi connectivity index (χ1v) is 6.09. The van der Waals surface area contributed by atoms with Crippen molar-refractivity contribution in [2.24, 2.45) is 17.3 Å². The van der Waals surface area contributed by atoms with Crippen LogP contribution in [-0.2, 0) is 9.59 Å². The van der Waals surface area contributed by atoms with Crippen LogP contribution in [0.3, 0.4) is 0 Å². The number of nitrogens with zero attached hydrogens (tertiary/aromatic N) is 1. The third kappa shape index (κ3) is 3.19. The maximum absolute atomic E-state index is 12.8. The van der Waals surface area contributed by atoms with Gasteiger partial charge in [0.1, 0.15) is 0 Å². The molecule has 1 saturated heterocycles. The van der Waals surface area contributed by atoms with Gasteiger partial charge < -0.3 is 10.0 Å². The molecule has 1 N–H and O–H groups in total. The van der Waals surface area contributed by atoms with Crippen LogP contribution in [0.15, 0.2) is 0 Å². The van der Waals surface area contributed by atoms with Crippen molar-refractivity contribution in [2.45, 2.75) is 33.4 Å². The molecule has 4 nitrogen and oxygen atoms in total. The van der Waals surface area contributed by atoms with Gasteiger partial charge in [-0.25, -0.2) is 0 Å². The fourth-order valence-corrected chi connectivity index (χ4v) is 2.13. The van der Waals surface area contributed by atoms with Crippen LogP contribution in [0.1, 0.15) is 27.2 Å². The molecule has 2 atom stereocenters. The molecule has 0 aromatic heterocycles. The van der Waals surface area contributed by atoms with Gasteiger partial charge in [0.2, 0.25) is 5.91 Å². The van der Waals surface area contributed by atoms with E-state index in [1.165, 1.54) is 0 Å². The minimum Gasteiger partial charge on any atom is -0.481 e. The highest BCUT2D eigenvalue weighted by molar-refractivity contribution is 5.83. The number of amides is 1. The summed E-state index contributed by atoms with van der Waals surface area (Å²) in [6, 6.07) is 0. The fraction of sp³-hybridized carbons (Fsp3) is 0.833. The number of carbonyl (C=O) groups is 2. The van der Waals surface area contributed by atoms with Gasteiger partial charge in [0.15, 0.2) is 0 Å². The Kier molecular flexibility index (Phi) is 4.17. The van der Waals surface area contributed by atoms with Crippen molar-refractivity contribution < 1.29 is 27.9 Å². The molecule has 1 rings (SSSR count). The van der Waals surface area contributed by atoms with Crippen molar-refractivity contribution in [2.75, 3.05) is 13.1 Å². The van der Waals surface area contributed by atoms with Crippen molar-refractivity contribution in [3.05, 3.63) is 0 Å². The molecule has 1 amide bonds. The van der Waals surface area contributed by atoms with E-state index in [4.69, 9.17) is 5.11 Å². The number of carboxylic acid groups (broad SMARTS) is 1. The van der Waals surface area contributed by atoms with Gasteiger partial charge in [-0.1, -0.05) is 20.8 Å². The highest BCUT2D eigenvalue weighted by Crippen LogP contribution is 2.39. The average molecular weight is 281 g/mol. The van der Waals surface area contributed by atoms with Crippen molar-refractivity contribution >= 4 is 11.9 Å². The first kappa shape index (κ1) is 15.8. The lowest BCUT2D eigenvalue weighted by Crippen LogP contribution is -2.40. The maximum atomic E-state index is 12.8. The Balaban J connectivity index is 2.93. The molecule has 19 heavy (non-hydrogen) atoms. The second kappa shape index (κ2) is 5.02. The minimum absolute atomic E-state index is 0.373. The molecule has 1 heterocycles. The summed E-state index contributed by atoms with van der Waals surface area (Å²) in [4.78, 5) is 24.0. The smallest absolute Gasteiger partial charge is 0.394 e. The average Bonchev–Trinajstić information content (AvgIpc) is 2.72. The molecule has 0 aromatic carbocycles. The molecule has 0 unspecified atom stereocenters. The number of halogens is 3. The summed E-state index contributed by atoms with van der Waals surface area (Å²) in [5, 5.41) is 8.87. The lowest BCUT2D eigenvalue weighted by Gasteiger charge is -2.28. The van der Waals surface area contributed by atoms with Crippen LogP contribution in [0.5, 0.6) is 0 Å². The third-order valence-corrected chi connectivity index (χ3v) is 3.81. The molecule has 0 aliphatic carbocycles. The van der Waals surface area contributed by atoms with E-state index in [-0.39, 0.29) is 6.54 Å². The number of hydrogen-bond acceptors (Lipinski definition) is 2. The summed E-state index contributed by atoms with van der Waals surface area (Å²) in [7, 11) is 0. The standard InChI is InChI=1S/C12H18F3NO3/c1-4-11(2,3)10(19)16-5-7(9(17)18)8(6-16)12(13,14)15/h7-8H,4-6H2,1-3H3,(H,17,18)/t7-,8-/m1/s1. The highest BCUT2D eigenvalue weighted by atomic mass is 19.4. The number of likely N-dealkylation sites (tertiary alicyclic amines) is 1. The van der Waals surface area contributed by atoms with E-state index in [1.54, 1.807) is 20.8 Å². The molecule has 1 fully saturated rings. The normalized spacial score (nSPS) is 24.6. The Bertz CT molecular complexity index is 379. The predicted octanol–water partition coefficient (Wildman–Crippen LogP) is 2.14. The molecule has 0 spiro atoms. The van der Waals surface area contributed by atoms with Gasteiger partial charge in [0, 0.05) is 18.5 Å². The van der Waals surface area contributed by atoms with Crippen LogP contribution in [0.2, 0.25) is 0 Å². The molecular weight excluding hydrogens is 263 g/mol. The number of hydrogen-bond donors (Lipinski definition) is 1. The van der Waals surface area contributed by atoms with E-state index in [9.17, 15) is 22.8 Å². The maximum Gasteiger partial charge on any atom is 0.394 e. The number of rotatable bonds is 3. The van der Waals surface area contributed by atoms with Crippen LogP contribution in [0.4, 0.5) is 13.2 Å². The highest BCUT2D eigenvalue weighted by Gasteiger charge is 2.54. The fourth-order valence-electron chi connectivity index (χ4n) is 2.13. The van der Waals surface area contributed by atoms with Crippen molar-refractivity contribution in [3.8, 4) is 0 Å². The molecule has 7 heteroatoms. The quantitative estimate of drug-likeness (QED) is 0.862. The van der Waals surface area contributed by atoms with Crippen molar-refractivity contribution in [1.82, 2.24) is 4.90 Å². The van der Waals surface area contributed by atoms with Gasteiger partial charge in [0.05, 0.1) is 11.8 Å². The Morgan fingerprint density at radius 2 is 1.79 bits per heavy atom. The molecule has 1 aliphatic heterocycles. The number of carboxylic acids is 1. The largest absolute Gasteiger partial charge is 0.481 e. The van der Waals surface area contributed by atoms with Crippen molar-refractivity contribution in [3.63, 3.8) is 0 Å². The Labute approximate surface area is 109 Å². The molecule has 110 valence electrons. The Morgan fingerprint density at radius 3 is 2.11 bits per heavy atom. The molecule has 0 saturated carbocycles. The number of alkyl halides is 3. The molecule has 0 bridgehead atoms. The molecule has 0 aromatic rings. The van der Waals surface area contributed by atoms with Crippen LogP contribution in [0.25, 0.3) is 0 Å². The predicted molar refractivity (Wildman–Crippen MR) is 61.3 cm³/mol. The molecular formula is C12H18F3NO3. The number of carbonyl (C=O) groups excluding carboxylic acids is 1. The zero-order chi connectivity index (χ0) is 15.0. The summed E-state index contributed by atoms with van der Waals surface area (Å²) in [6.45, 7) is 4.12. The first-order valence-electron chi connectivity index (χ1n) is 6.09. The Morgan fingerprint density at radius 1 is 1.26 bits per heavy atom. The van der Waals surface area contributed by atoms with E-state index in [1.807, 2.05) is 0 Å².